The first-order valence-corrected chi connectivity index (χ1v) is 6.76. The van der Waals surface area contributed by atoms with Crippen molar-refractivity contribution in [1.82, 2.24) is 10.6 Å². The Labute approximate surface area is 122 Å². The molecule has 1 aromatic rings. The molecule has 2 rings (SSSR count). The van der Waals surface area contributed by atoms with Crippen LogP contribution < -0.4 is 10.6 Å². The molecule has 0 radical (unpaired) electrons. The van der Waals surface area contributed by atoms with Gasteiger partial charge in [0.05, 0.1) is 0 Å². The zero-order chi connectivity index (χ0) is 12.3. The summed E-state index contributed by atoms with van der Waals surface area (Å²) in [5.74, 6) is 0.00634. The van der Waals surface area contributed by atoms with Crippen molar-refractivity contribution in [3.8, 4) is 0 Å². The molecule has 18 heavy (non-hydrogen) atoms. The van der Waals surface area contributed by atoms with Gasteiger partial charge in [0.2, 0.25) is 0 Å². The molecule has 0 aliphatic carbocycles. The van der Waals surface area contributed by atoms with Crippen molar-refractivity contribution in [1.29, 1.82) is 0 Å². The molecule has 2 N–H and O–H groups in total. The minimum Gasteiger partial charge on any atom is -0.348 e. The number of hydrogen-bond donors (Lipinski definition) is 2. The summed E-state index contributed by atoms with van der Waals surface area (Å²) in [4.78, 5) is 12.1. The van der Waals surface area contributed by atoms with Crippen molar-refractivity contribution < 1.29 is 4.79 Å². The lowest BCUT2D eigenvalue weighted by atomic mass is 9.99. The quantitative estimate of drug-likeness (QED) is 0.874. The van der Waals surface area contributed by atoms with Gasteiger partial charge in [-0.15, -0.1) is 12.4 Å². The van der Waals surface area contributed by atoms with Crippen LogP contribution in [0.4, 0.5) is 0 Å². The molecule has 100 valence electrons. The Morgan fingerprint density at radius 2 is 2.28 bits per heavy atom. The van der Waals surface area contributed by atoms with Gasteiger partial charge >= 0.3 is 0 Å². The first kappa shape index (κ1) is 15.5. The Kier molecular flexibility index (Phi) is 6.12. The van der Waals surface area contributed by atoms with Gasteiger partial charge in [0.1, 0.15) is 0 Å². The van der Waals surface area contributed by atoms with Crippen LogP contribution in [0.1, 0.15) is 30.1 Å². The number of halogens is 2. The zero-order valence-corrected chi connectivity index (χ0v) is 12.7. The number of amides is 1. The van der Waals surface area contributed by atoms with Crippen LogP contribution in [0.5, 0.6) is 0 Å². The fourth-order valence-corrected chi connectivity index (χ4v) is 2.52. The predicted molar refractivity (Wildman–Crippen MR) is 79.3 cm³/mol. The molecule has 5 heteroatoms. The van der Waals surface area contributed by atoms with Gasteiger partial charge < -0.3 is 10.6 Å². The first-order valence-electron chi connectivity index (χ1n) is 5.96. The molecule has 1 aromatic carbocycles. The Morgan fingerprint density at radius 1 is 1.50 bits per heavy atom. The van der Waals surface area contributed by atoms with Gasteiger partial charge in [0.15, 0.2) is 0 Å². The van der Waals surface area contributed by atoms with Gasteiger partial charge in [-0.2, -0.15) is 0 Å². The van der Waals surface area contributed by atoms with Crippen LogP contribution in [-0.2, 0) is 0 Å². The molecule has 1 fully saturated rings. The summed E-state index contributed by atoms with van der Waals surface area (Å²) in [5, 5.41) is 6.47. The predicted octanol–water partition coefficient (Wildman–Crippen LogP) is 2.74. The fraction of sp³-hybridized carbons (Fsp3) is 0.462. The third kappa shape index (κ3) is 3.97. The van der Waals surface area contributed by atoms with Crippen LogP contribution in [0.15, 0.2) is 28.7 Å². The molecular formula is C13H18BrClN2O. The highest BCUT2D eigenvalue weighted by Crippen LogP contribution is 2.13. The maximum Gasteiger partial charge on any atom is 0.251 e. The molecule has 0 bridgehead atoms. The Balaban J connectivity index is 0.00000162. The lowest BCUT2D eigenvalue weighted by Gasteiger charge is -2.30. The van der Waals surface area contributed by atoms with E-state index in [1.165, 1.54) is 0 Å². The highest BCUT2D eigenvalue weighted by molar-refractivity contribution is 9.10. The minimum atomic E-state index is 0. The number of rotatable bonds is 2. The smallest absolute Gasteiger partial charge is 0.251 e. The molecule has 2 unspecified atom stereocenters. The SMILES string of the molecule is CC1NCCCC1NC(=O)c1cccc(Br)c1.Cl. The maximum atomic E-state index is 12.1. The lowest BCUT2D eigenvalue weighted by Crippen LogP contribution is -2.51. The van der Waals surface area contributed by atoms with Crippen molar-refractivity contribution in [2.24, 2.45) is 0 Å². The summed E-state index contributed by atoms with van der Waals surface area (Å²) in [7, 11) is 0. The van der Waals surface area contributed by atoms with Crippen molar-refractivity contribution in [2.75, 3.05) is 6.54 Å². The first-order chi connectivity index (χ1) is 8.16. The summed E-state index contributed by atoms with van der Waals surface area (Å²) in [6, 6.07) is 8.05. The van der Waals surface area contributed by atoms with Crippen LogP contribution in [0.3, 0.4) is 0 Å². The van der Waals surface area contributed by atoms with Crippen LogP contribution >= 0.6 is 28.3 Å². The summed E-state index contributed by atoms with van der Waals surface area (Å²) >= 11 is 3.38. The van der Waals surface area contributed by atoms with E-state index in [9.17, 15) is 4.79 Å². The highest BCUT2D eigenvalue weighted by atomic mass is 79.9. The lowest BCUT2D eigenvalue weighted by molar-refractivity contribution is 0.0920. The molecular weight excluding hydrogens is 316 g/mol. The second-order valence-corrected chi connectivity index (χ2v) is 5.39. The Hall–Kier alpha value is -0.580. The van der Waals surface area contributed by atoms with E-state index in [-0.39, 0.29) is 24.4 Å². The van der Waals surface area contributed by atoms with Crippen molar-refractivity contribution >= 4 is 34.2 Å². The molecule has 0 spiro atoms. The van der Waals surface area contributed by atoms with Gasteiger partial charge in [-0.3, -0.25) is 4.79 Å². The molecule has 0 aromatic heterocycles. The monoisotopic (exact) mass is 332 g/mol. The Bertz CT molecular complexity index is 414. The molecule has 1 aliphatic rings. The molecule has 2 atom stereocenters. The van der Waals surface area contributed by atoms with E-state index < -0.39 is 0 Å². The summed E-state index contributed by atoms with van der Waals surface area (Å²) < 4.78 is 0.931. The van der Waals surface area contributed by atoms with Gasteiger partial charge in [-0.25, -0.2) is 0 Å². The average Bonchev–Trinajstić information content (AvgIpc) is 2.32. The number of piperidine rings is 1. The van der Waals surface area contributed by atoms with E-state index in [1.807, 2.05) is 24.3 Å². The molecule has 3 nitrogen and oxygen atoms in total. The number of carbonyl (C=O) groups is 1. The summed E-state index contributed by atoms with van der Waals surface area (Å²) in [6.07, 6.45) is 2.17. The van der Waals surface area contributed by atoms with Gasteiger partial charge in [0.25, 0.3) is 5.91 Å². The van der Waals surface area contributed by atoms with Crippen LogP contribution in [0, 0.1) is 0 Å². The summed E-state index contributed by atoms with van der Waals surface area (Å²) in [6.45, 7) is 3.16. The third-order valence-electron chi connectivity index (χ3n) is 3.17. The molecule has 1 aliphatic heterocycles. The summed E-state index contributed by atoms with van der Waals surface area (Å²) in [5.41, 5.74) is 0.706. The second-order valence-electron chi connectivity index (χ2n) is 4.48. The van der Waals surface area contributed by atoms with Gasteiger partial charge in [-0.05, 0) is 44.5 Å². The minimum absolute atomic E-state index is 0. The van der Waals surface area contributed by atoms with Crippen molar-refractivity contribution in [3.63, 3.8) is 0 Å². The molecule has 1 amide bonds. The zero-order valence-electron chi connectivity index (χ0n) is 10.3. The average molecular weight is 334 g/mol. The number of carbonyl (C=O) groups excluding carboxylic acids is 1. The Morgan fingerprint density at radius 3 is 2.94 bits per heavy atom. The highest BCUT2D eigenvalue weighted by Gasteiger charge is 2.22. The van der Waals surface area contributed by atoms with E-state index in [1.54, 1.807) is 0 Å². The number of benzene rings is 1. The van der Waals surface area contributed by atoms with Crippen LogP contribution in [0.2, 0.25) is 0 Å². The van der Waals surface area contributed by atoms with E-state index in [0.717, 1.165) is 23.9 Å². The number of hydrogen-bond acceptors (Lipinski definition) is 2. The molecule has 1 saturated heterocycles. The van der Waals surface area contributed by atoms with Crippen molar-refractivity contribution in [3.05, 3.63) is 34.3 Å². The molecule has 1 heterocycles. The van der Waals surface area contributed by atoms with Gasteiger partial charge in [-0.1, -0.05) is 22.0 Å². The maximum absolute atomic E-state index is 12.1. The number of nitrogens with one attached hydrogen (secondary N) is 2. The fourth-order valence-electron chi connectivity index (χ4n) is 2.12. The topological polar surface area (TPSA) is 41.1 Å². The van der Waals surface area contributed by atoms with Crippen molar-refractivity contribution in [2.45, 2.75) is 31.8 Å². The molecule has 0 saturated carbocycles. The van der Waals surface area contributed by atoms with E-state index in [4.69, 9.17) is 0 Å². The van der Waals surface area contributed by atoms with Gasteiger partial charge in [0, 0.05) is 22.1 Å². The van der Waals surface area contributed by atoms with E-state index in [0.29, 0.717) is 11.6 Å². The second kappa shape index (κ2) is 7.12. The largest absolute Gasteiger partial charge is 0.348 e. The normalized spacial score (nSPS) is 23.0. The van der Waals surface area contributed by atoms with E-state index >= 15 is 0 Å². The van der Waals surface area contributed by atoms with E-state index in [2.05, 4.69) is 33.5 Å². The standard InChI is InChI=1S/C13H17BrN2O.ClH/c1-9-12(6-3-7-15-9)16-13(17)10-4-2-5-11(14)8-10;/h2,4-5,8-9,12,15H,3,6-7H2,1H3,(H,16,17);1H. The van der Waals surface area contributed by atoms with Crippen LogP contribution in [-0.4, -0.2) is 24.5 Å². The van der Waals surface area contributed by atoms with Crippen LogP contribution in [0.25, 0.3) is 0 Å². The third-order valence-corrected chi connectivity index (χ3v) is 3.66.